The summed E-state index contributed by atoms with van der Waals surface area (Å²) in [4.78, 5) is 16.8. The molecule has 0 radical (unpaired) electrons. The van der Waals surface area contributed by atoms with Gasteiger partial charge >= 0.3 is 0 Å². The van der Waals surface area contributed by atoms with Gasteiger partial charge in [0.15, 0.2) is 5.78 Å². The largest absolute Gasteiger partial charge is 0.292 e. The van der Waals surface area contributed by atoms with E-state index in [9.17, 15) is 4.79 Å². The fourth-order valence-corrected chi connectivity index (χ4v) is 3.49. The van der Waals surface area contributed by atoms with Crippen molar-refractivity contribution in [2.24, 2.45) is 0 Å². The van der Waals surface area contributed by atoms with E-state index in [-0.39, 0.29) is 5.78 Å². The normalized spacial score (nSPS) is 10.3. The lowest BCUT2D eigenvalue weighted by Gasteiger charge is -1.99. The number of thioether (sulfide) groups is 1. The topological polar surface area (TPSA) is 30.0 Å². The summed E-state index contributed by atoms with van der Waals surface area (Å²) in [5, 5.41) is 2.78. The third-order valence-electron chi connectivity index (χ3n) is 1.86. The number of nitrogens with zero attached hydrogens (tertiary/aromatic N) is 1. The van der Waals surface area contributed by atoms with E-state index >= 15 is 0 Å². The molecule has 5 heteroatoms. The number of carbonyl (C=O) groups is 1. The first kappa shape index (κ1) is 11.8. The molecule has 0 aliphatic carbocycles. The molecule has 0 aliphatic rings. The quantitative estimate of drug-likeness (QED) is 0.634. The summed E-state index contributed by atoms with van der Waals surface area (Å²) in [6.07, 6.45) is 1.73. The van der Waals surface area contributed by atoms with Crippen molar-refractivity contribution < 1.29 is 4.79 Å². The van der Waals surface area contributed by atoms with E-state index in [4.69, 9.17) is 0 Å². The molecule has 0 unspecified atom stereocenters. The van der Waals surface area contributed by atoms with E-state index in [1.165, 1.54) is 23.1 Å². The molecule has 0 spiro atoms. The molecule has 2 rings (SSSR count). The molecule has 0 aliphatic heterocycles. The van der Waals surface area contributed by atoms with E-state index in [1.54, 1.807) is 6.20 Å². The summed E-state index contributed by atoms with van der Waals surface area (Å²) in [6, 6.07) is 7.58. The number of hydrogen-bond donors (Lipinski definition) is 0. The van der Waals surface area contributed by atoms with Crippen LogP contribution < -0.4 is 0 Å². The molecule has 0 saturated carbocycles. The van der Waals surface area contributed by atoms with Crippen LogP contribution in [0.1, 0.15) is 9.67 Å². The molecule has 2 aromatic rings. The van der Waals surface area contributed by atoms with Crippen molar-refractivity contribution in [2.45, 2.75) is 5.03 Å². The van der Waals surface area contributed by atoms with Gasteiger partial charge in [-0.1, -0.05) is 17.8 Å². The Morgan fingerprint density at radius 2 is 2.31 bits per heavy atom. The zero-order chi connectivity index (χ0) is 11.4. The highest BCUT2D eigenvalue weighted by Gasteiger charge is 2.11. The first-order valence-electron chi connectivity index (χ1n) is 4.57. The smallest absolute Gasteiger partial charge is 0.184 e. The Hall–Kier alpha value is -0.650. The Balaban J connectivity index is 1.97. The Morgan fingerprint density at radius 1 is 1.44 bits per heavy atom. The lowest BCUT2D eigenvalue weighted by atomic mass is 10.3. The summed E-state index contributed by atoms with van der Waals surface area (Å²) in [5.74, 6) is 0.563. The number of hydrogen-bond acceptors (Lipinski definition) is 4. The first-order valence-corrected chi connectivity index (χ1v) is 7.23. The van der Waals surface area contributed by atoms with Crippen LogP contribution in [0.5, 0.6) is 0 Å². The Kier molecular flexibility index (Phi) is 4.15. The Morgan fingerprint density at radius 3 is 2.94 bits per heavy atom. The number of carbonyl (C=O) groups excluding carboxylic acids is 1. The third kappa shape index (κ3) is 2.93. The second-order valence-electron chi connectivity index (χ2n) is 2.98. The molecule has 0 N–H and O–H groups in total. The van der Waals surface area contributed by atoms with Gasteiger partial charge in [0, 0.05) is 10.7 Å². The molecule has 0 bridgehead atoms. The van der Waals surface area contributed by atoms with Crippen molar-refractivity contribution in [3.8, 4) is 0 Å². The van der Waals surface area contributed by atoms with Crippen LogP contribution in [0.3, 0.4) is 0 Å². The summed E-state index contributed by atoms with van der Waals surface area (Å²) >= 11 is 6.28. The molecule has 2 nitrogen and oxygen atoms in total. The van der Waals surface area contributed by atoms with Gasteiger partial charge in [-0.15, -0.1) is 11.3 Å². The number of Topliss-reactive ketones (excluding diaryl/α,β-unsaturated/α-hetero) is 1. The second-order valence-corrected chi connectivity index (χ2v) is 5.74. The van der Waals surface area contributed by atoms with Gasteiger partial charge < -0.3 is 0 Å². The maximum Gasteiger partial charge on any atom is 0.184 e. The lowest BCUT2D eigenvalue weighted by Crippen LogP contribution is -2.00. The van der Waals surface area contributed by atoms with Gasteiger partial charge in [-0.25, -0.2) is 4.98 Å². The van der Waals surface area contributed by atoms with Crippen LogP contribution in [0.2, 0.25) is 0 Å². The van der Waals surface area contributed by atoms with Crippen molar-refractivity contribution in [3.63, 3.8) is 0 Å². The Labute approximate surface area is 110 Å². The van der Waals surface area contributed by atoms with Crippen LogP contribution >= 0.6 is 39.0 Å². The fraction of sp³-hybridized carbons (Fsp3) is 0.0909. The maximum atomic E-state index is 11.8. The summed E-state index contributed by atoms with van der Waals surface area (Å²) in [6.45, 7) is 0. The average molecular weight is 314 g/mol. The predicted octanol–water partition coefficient (Wildman–Crippen LogP) is 3.88. The summed E-state index contributed by atoms with van der Waals surface area (Å²) < 4.78 is 0.879. The van der Waals surface area contributed by atoms with Crippen molar-refractivity contribution in [1.29, 1.82) is 0 Å². The average Bonchev–Trinajstić information content (AvgIpc) is 2.74. The second kappa shape index (κ2) is 5.61. The van der Waals surface area contributed by atoms with Crippen LogP contribution in [-0.4, -0.2) is 16.5 Å². The van der Waals surface area contributed by atoms with Gasteiger partial charge in [-0.3, -0.25) is 4.79 Å². The number of ketones is 1. The van der Waals surface area contributed by atoms with Gasteiger partial charge in [0.2, 0.25) is 0 Å². The van der Waals surface area contributed by atoms with Crippen LogP contribution in [0.25, 0.3) is 0 Å². The van der Waals surface area contributed by atoms with Gasteiger partial charge in [0.1, 0.15) is 0 Å². The zero-order valence-electron chi connectivity index (χ0n) is 8.22. The van der Waals surface area contributed by atoms with Crippen LogP contribution in [0.15, 0.2) is 45.3 Å². The third-order valence-corrected chi connectivity index (χ3v) is 4.68. The molecule has 2 aromatic heterocycles. The van der Waals surface area contributed by atoms with E-state index in [1.807, 2.05) is 29.6 Å². The molecule has 0 amide bonds. The monoisotopic (exact) mass is 313 g/mol. The summed E-state index contributed by atoms with van der Waals surface area (Å²) in [5.41, 5.74) is 0. The number of pyridine rings is 1. The van der Waals surface area contributed by atoms with Crippen LogP contribution in [0.4, 0.5) is 0 Å². The first-order chi connectivity index (χ1) is 7.77. The minimum atomic E-state index is 0.137. The van der Waals surface area contributed by atoms with E-state index in [2.05, 4.69) is 20.9 Å². The molecule has 0 atom stereocenters. The van der Waals surface area contributed by atoms with Crippen molar-refractivity contribution >= 4 is 44.8 Å². The number of halogens is 1. The molecule has 0 fully saturated rings. The van der Waals surface area contributed by atoms with Crippen molar-refractivity contribution in [2.75, 3.05) is 5.75 Å². The van der Waals surface area contributed by atoms with E-state index < -0.39 is 0 Å². The molecule has 0 aromatic carbocycles. The lowest BCUT2D eigenvalue weighted by molar-refractivity contribution is 0.102. The van der Waals surface area contributed by atoms with Crippen molar-refractivity contribution in [3.05, 3.63) is 45.2 Å². The van der Waals surface area contributed by atoms with Gasteiger partial charge in [-0.05, 0) is 39.5 Å². The fourth-order valence-electron chi connectivity index (χ4n) is 1.13. The van der Waals surface area contributed by atoms with Crippen molar-refractivity contribution in [1.82, 2.24) is 4.98 Å². The minimum absolute atomic E-state index is 0.137. The molecule has 16 heavy (non-hydrogen) atoms. The number of aromatic nitrogens is 1. The molecular weight excluding hydrogens is 306 g/mol. The van der Waals surface area contributed by atoms with Crippen LogP contribution in [0, 0.1) is 0 Å². The molecule has 2 heterocycles. The molecular formula is C11H8BrNOS2. The molecule has 82 valence electrons. The standard InChI is InChI=1S/C11H8BrNOS2/c12-8-4-6-15-11(8)9(14)7-16-10-3-1-2-5-13-10/h1-6H,7H2. The zero-order valence-corrected chi connectivity index (χ0v) is 11.4. The van der Waals surface area contributed by atoms with Crippen LogP contribution in [-0.2, 0) is 0 Å². The number of rotatable bonds is 4. The highest BCUT2D eigenvalue weighted by molar-refractivity contribution is 9.10. The van der Waals surface area contributed by atoms with Gasteiger partial charge in [0.05, 0.1) is 15.7 Å². The predicted molar refractivity (Wildman–Crippen MR) is 71.3 cm³/mol. The number of thiophene rings is 1. The van der Waals surface area contributed by atoms with E-state index in [0.717, 1.165) is 14.4 Å². The van der Waals surface area contributed by atoms with E-state index in [0.29, 0.717) is 5.75 Å². The SMILES string of the molecule is O=C(CSc1ccccn1)c1sccc1Br. The minimum Gasteiger partial charge on any atom is -0.292 e. The summed E-state index contributed by atoms with van der Waals surface area (Å²) in [7, 11) is 0. The van der Waals surface area contributed by atoms with Gasteiger partial charge in [-0.2, -0.15) is 0 Å². The van der Waals surface area contributed by atoms with Gasteiger partial charge in [0.25, 0.3) is 0 Å². The highest BCUT2D eigenvalue weighted by atomic mass is 79.9. The maximum absolute atomic E-state index is 11.8. The molecule has 0 saturated heterocycles. The Bertz CT molecular complexity index is 484. The highest BCUT2D eigenvalue weighted by Crippen LogP contribution is 2.25.